The van der Waals surface area contributed by atoms with Crippen LogP contribution in [0.1, 0.15) is 50.0 Å². The van der Waals surface area contributed by atoms with E-state index in [4.69, 9.17) is 9.26 Å². The summed E-state index contributed by atoms with van der Waals surface area (Å²) < 4.78 is 11.2. The van der Waals surface area contributed by atoms with E-state index in [0.29, 0.717) is 23.4 Å². The van der Waals surface area contributed by atoms with Gasteiger partial charge in [0.2, 0.25) is 11.7 Å². The van der Waals surface area contributed by atoms with Crippen molar-refractivity contribution in [3.8, 4) is 17.3 Å². The molecule has 2 aromatic heterocycles. The number of hydrogen-bond acceptors (Lipinski definition) is 6. The van der Waals surface area contributed by atoms with E-state index < -0.39 is 0 Å². The normalized spacial score (nSPS) is 19.7. The summed E-state index contributed by atoms with van der Waals surface area (Å²) in [6.45, 7) is 0.762. The van der Waals surface area contributed by atoms with Crippen LogP contribution in [0.25, 0.3) is 11.5 Å². The lowest BCUT2D eigenvalue weighted by Gasteiger charge is -2.11. The van der Waals surface area contributed by atoms with Gasteiger partial charge in [0.1, 0.15) is 11.4 Å². The van der Waals surface area contributed by atoms with E-state index in [1.54, 1.807) is 0 Å². The Morgan fingerprint density at radius 3 is 2.80 bits per heavy atom. The summed E-state index contributed by atoms with van der Waals surface area (Å²) in [7, 11) is 0. The van der Waals surface area contributed by atoms with Gasteiger partial charge < -0.3 is 9.26 Å². The molecule has 3 aliphatic rings. The van der Waals surface area contributed by atoms with Gasteiger partial charge >= 0.3 is 6.01 Å². The second kappa shape index (κ2) is 5.82. The Labute approximate surface area is 145 Å². The summed E-state index contributed by atoms with van der Waals surface area (Å²) in [6, 6.07) is 2.02. The molecular weight excluding hydrogens is 320 g/mol. The first kappa shape index (κ1) is 14.9. The first-order valence-corrected chi connectivity index (χ1v) is 9.04. The molecule has 0 atom stereocenters. The number of anilines is 1. The maximum absolute atomic E-state index is 11.8. The molecule has 0 aromatic carbocycles. The molecule has 2 aromatic rings. The number of hydrogen-bond donors (Lipinski definition) is 1. The van der Waals surface area contributed by atoms with E-state index in [1.165, 1.54) is 31.2 Å². The van der Waals surface area contributed by atoms with Crippen molar-refractivity contribution in [3.63, 3.8) is 0 Å². The molecule has 0 aliphatic heterocycles. The molecule has 3 saturated carbocycles. The minimum atomic E-state index is -0.0549. The quantitative estimate of drug-likeness (QED) is 0.833. The van der Waals surface area contributed by atoms with Crippen LogP contribution in [0.4, 0.5) is 6.01 Å². The van der Waals surface area contributed by atoms with Crippen molar-refractivity contribution in [2.24, 2.45) is 11.8 Å². The minimum absolute atomic E-state index is 0.0549. The minimum Gasteiger partial charge on any atom is -0.493 e. The second-order valence-electron chi connectivity index (χ2n) is 7.32. The monoisotopic (exact) mass is 340 g/mol. The zero-order valence-electron chi connectivity index (χ0n) is 13.9. The molecule has 3 aliphatic carbocycles. The molecular formula is C18H20N4O3. The molecule has 5 rings (SSSR count). The molecule has 0 radical (unpaired) electrons. The topological polar surface area (TPSA) is 90.1 Å². The van der Waals surface area contributed by atoms with Gasteiger partial charge in [-0.1, -0.05) is 5.16 Å². The smallest absolute Gasteiger partial charge is 0.328 e. The molecule has 2 heterocycles. The van der Waals surface area contributed by atoms with Crippen molar-refractivity contribution in [1.82, 2.24) is 15.1 Å². The number of nitrogens with zero attached hydrogens (tertiary/aromatic N) is 3. The molecule has 0 saturated heterocycles. The average Bonchev–Trinajstić information content (AvgIpc) is 3.47. The molecule has 0 spiro atoms. The summed E-state index contributed by atoms with van der Waals surface area (Å²) >= 11 is 0. The number of carbonyl (C=O) groups excluding carboxylic acids is 1. The molecule has 7 heteroatoms. The summed E-state index contributed by atoms with van der Waals surface area (Å²) in [5, 5.41) is 6.60. The Kier molecular flexibility index (Phi) is 3.46. The zero-order chi connectivity index (χ0) is 16.8. The standard InChI is InChI=1S/C18H20N4O3/c23-17(12-5-6-12)21-18-20-16(22-25-18)14-7-15(24-9-10-1-2-10)13(8-19-14)11-3-4-11/h7-8,10-12H,1-6,9H2,(H,20,21,22,23). The van der Waals surface area contributed by atoms with Crippen molar-refractivity contribution >= 4 is 11.9 Å². The third-order valence-corrected chi connectivity index (χ3v) is 4.92. The highest BCUT2D eigenvalue weighted by Gasteiger charge is 2.31. The fraction of sp³-hybridized carbons (Fsp3) is 0.556. The van der Waals surface area contributed by atoms with Crippen LogP contribution >= 0.6 is 0 Å². The summed E-state index contributed by atoms with van der Waals surface area (Å²) in [4.78, 5) is 20.5. The van der Waals surface area contributed by atoms with Crippen molar-refractivity contribution in [2.45, 2.75) is 44.4 Å². The summed E-state index contributed by atoms with van der Waals surface area (Å²) in [5.74, 6) is 2.54. The van der Waals surface area contributed by atoms with Crippen molar-refractivity contribution in [2.75, 3.05) is 11.9 Å². The van der Waals surface area contributed by atoms with E-state index in [1.807, 2.05) is 12.3 Å². The highest BCUT2D eigenvalue weighted by molar-refractivity contribution is 5.92. The van der Waals surface area contributed by atoms with E-state index in [0.717, 1.165) is 25.2 Å². The molecule has 130 valence electrons. The van der Waals surface area contributed by atoms with E-state index in [9.17, 15) is 4.79 Å². The Morgan fingerprint density at radius 2 is 2.08 bits per heavy atom. The van der Waals surface area contributed by atoms with Crippen LogP contribution in [0.3, 0.4) is 0 Å². The van der Waals surface area contributed by atoms with Gasteiger partial charge in [0.15, 0.2) is 0 Å². The van der Waals surface area contributed by atoms with Gasteiger partial charge in [-0.25, -0.2) is 0 Å². The number of rotatable bonds is 7. The third-order valence-electron chi connectivity index (χ3n) is 4.92. The number of nitrogens with one attached hydrogen (secondary N) is 1. The fourth-order valence-corrected chi connectivity index (χ4v) is 2.82. The molecule has 1 amide bonds. The lowest BCUT2D eigenvalue weighted by atomic mass is 10.1. The van der Waals surface area contributed by atoms with Crippen molar-refractivity contribution in [3.05, 3.63) is 17.8 Å². The van der Waals surface area contributed by atoms with Crippen LogP contribution in [0, 0.1) is 11.8 Å². The zero-order valence-corrected chi connectivity index (χ0v) is 13.9. The van der Waals surface area contributed by atoms with Crippen LogP contribution in [-0.2, 0) is 4.79 Å². The maximum Gasteiger partial charge on any atom is 0.328 e. The fourth-order valence-electron chi connectivity index (χ4n) is 2.82. The first-order valence-electron chi connectivity index (χ1n) is 9.04. The molecule has 0 unspecified atom stereocenters. The number of amides is 1. The van der Waals surface area contributed by atoms with E-state index in [2.05, 4.69) is 20.4 Å². The van der Waals surface area contributed by atoms with Crippen LogP contribution < -0.4 is 10.1 Å². The highest BCUT2D eigenvalue weighted by atomic mass is 16.5. The van der Waals surface area contributed by atoms with Gasteiger partial charge in [-0.15, -0.1) is 0 Å². The first-order chi connectivity index (χ1) is 12.3. The molecule has 3 fully saturated rings. The number of pyridine rings is 1. The van der Waals surface area contributed by atoms with Crippen LogP contribution in [-0.4, -0.2) is 27.6 Å². The van der Waals surface area contributed by atoms with Gasteiger partial charge in [-0.3, -0.25) is 15.1 Å². The molecule has 0 bridgehead atoms. The Balaban J connectivity index is 1.36. The Morgan fingerprint density at radius 1 is 1.24 bits per heavy atom. The van der Waals surface area contributed by atoms with Crippen LogP contribution in [0.2, 0.25) is 0 Å². The lowest BCUT2D eigenvalue weighted by Crippen LogP contribution is -2.13. The molecule has 7 nitrogen and oxygen atoms in total. The Bertz CT molecular complexity index is 806. The number of ether oxygens (including phenoxy) is 1. The predicted octanol–water partition coefficient (Wildman–Crippen LogP) is 3.15. The van der Waals surface area contributed by atoms with Crippen LogP contribution in [0.5, 0.6) is 5.75 Å². The summed E-state index contributed by atoms with van der Waals surface area (Å²) in [6.07, 6.45) is 8.63. The van der Waals surface area contributed by atoms with Crippen LogP contribution in [0.15, 0.2) is 16.8 Å². The van der Waals surface area contributed by atoms with Gasteiger partial charge in [0, 0.05) is 23.7 Å². The molecule has 1 N–H and O–H groups in total. The van der Waals surface area contributed by atoms with Crippen molar-refractivity contribution < 1.29 is 14.1 Å². The van der Waals surface area contributed by atoms with Gasteiger partial charge in [0.25, 0.3) is 0 Å². The van der Waals surface area contributed by atoms with Crippen molar-refractivity contribution in [1.29, 1.82) is 0 Å². The highest BCUT2D eigenvalue weighted by Crippen LogP contribution is 2.45. The average molecular weight is 340 g/mol. The number of aromatic nitrogens is 3. The molecule has 25 heavy (non-hydrogen) atoms. The summed E-state index contributed by atoms with van der Waals surface area (Å²) in [5.41, 5.74) is 1.78. The maximum atomic E-state index is 11.8. The van der Waals surface area contributed by atoms with Gasteiger partial charge in [-0.05, 0) is 50.4 Å². The lowest BCUT2D eigenvalue weighted by molar-refractivity contribution is -0.117. The Hall–Kier alpha value is -2.44. The SMILES string of the molecule is O=C(Nc1nc(-c2cc(OCC3CC3)c(C3CC3)cn2)no1)C1CC1. The van der Waals surface area contributed by atoms with Gasteiger partial charge in [-0.2, -0.15) is 4.98 Å². The largest absolute Gasteiger partial charge is 0.493 e. The second-order valence-corrected chi connectivity index (χ2v) is 7.32. The predicted molar refractivity (Wildman–Crippen MR) is 89.1 cm³/mol. The van der Waals surface area contributed by atoms with E-state index >= 15 is 0 Å². The van der Waals surface area contributed by atoms with Gasteiger partial charge in [0.05, 0.1) is 6.61 Å². The van der Waals surface area contributed by atoms with E-state index in [-0.39, 0.29) is 17.8 Å². The third kappa shape index (κ3) is 3.36. The number of carbonyl (C=O) groups is 1.